The lowest BCUT2D eigenvalue weighted by Gasteiger charge is -2.24. The van der Waals surface area contributed by atoms with Crippen LogP contribution < -0.4 is 5.32 Å². The molecule has 0 spiro atoms. The van der Waals surface area contributed by atoms with Gasteiger partial charge in [-0.25, -0.2) is 0 Å². The third-order valence-corrected chi connectivity index (χ3v) is 12.7. The number of aliphatic hydroxyl groups is 2. The fraction of sp³-hybridized carbons (Fsp3) is 0.860. The van der Waals surface area contributed by atoms with Gasteiger partial charge in [0.2, 0.25) is 5.91 Å². The summed E-state index contributed by atoms with van der Waals surface area (Å²) in [6, 6.07) is -0.705. The van der Waals surface area contributed by atoms with Gasteiger partial charge in [0.25, 0.3) is 0 Å². The van der Waals surface area contributed by atoms with Crippen LogP contribution in [0.2, 0.25) is 0 Å². The zero-order valence-corrected chi connectivity index (χ0v) is 42.2. The number of hydrogen-bond acceptors (Lipinski definition) is 5. The molecular formula is C57H107NO5. The Bertz CT molecular complexity index is 1040. The molecule has 0 radical (unpaired) electrons. The summed E-state index contributed by atoms with van der Waals surface area (Å²) in [4.78, 5) is 26.2. The molecule has 3 unspecified atom stereocenters. The van der Waals surface area contributed by atoms with E-state index in [9.17, 15) is 19.8 Å². The minimum absolute atomic E-state index is 0.0681. The summed E-state index contributed by atoms with van der Waals surface area (Å²) in [6.45, 7) is 6.48. The molecule has 370 valence electrons. The summed E-state index contributed by atoms with van der Waals surface area (Å²) in [5.74, 6) is -0.489. The average molecular weight is 886 g/mol. The van der Waals surface area contributed by atoms with Crippen LogP contribution in [0.1, 0.15) is 290 Å². The van der Waals surface area contributed by atoms with Crippen LogP contribution in [0, 0.1) is 0 Å². The summed E-state index contributed by atoms with van der Waals surface area (Å²) >= 11 is 0. The summed E-state index contributed by atoms with van der Waals surface area (Å²) in [7, 11) is 0. The van der Waals surface area contributed by atoms with Crippen LogP contribution in [0.25, 0.3) is 0 Å². The number of allylic oxidation sites excluding steroid dienone is 6. The van der Waals surface area contributed by atoms with E-state index < -0.39 is 18.2 Å². The molecule has 6 heteroatoms. The Morgan fingerprint density at radius 1 is 0.460 bits per heavy atom. The first-order chi connectivity index (χ1) is 31.0. The molecule has 3 atom stereocenters. The minimum Gasteiger partial charge on any atom is -0.462 e. The zero-order valence-electron chi connectivity index (χ0n) is 42.2. The number of nitrogens with one attached hydrogen (secondary N) is 1. The Labute approximate surface area is 392 Å². The number of unbranched alkanes of at least 4 members (excludes halogenated alkanes) is 33. The van der Waals surface area contributed by atoms with Gasteiger partial charge in [-0.15, -0.1) is 0 Å². The molecule has 0 saturated carbocycles. The second-order valence-corrected chi connectivity index (χ2v) is 19.0. The SMILES string of the molecule is CCCCCCCC/C=C/CCCCCCCC(CC(=O)NC(CO)C(O)CCCCCCCCCCCCC)OC(=O)CCCCCCC/C=C/C=C/CCCCCCCCC. The minimum atomic E-state index is -0.790. The lowest BCUT2D eigenvalue weighted by molar-refractivity contribution is -0.151. The van der Waals surface area contributed by atoms with Crippen LogP contribution >= 0.6 is 0 Å². The number of rotatable bonds is 50. The number of carbonyl (C=O) groups is 2. The molecule has 3 N–H and O–H groups in total. The molecule has 0 aliphatic heterocycles. The first-order valence-corrected chi connectivity index (χ1v) is 27.7. The van der Waals surface area contributed by atoms with Gasteiger partial charge < -0.3 is 20.3 Å². The van der Waals surface area contributed by atoms with Crippen molar-refractivity contribution in [1.82, 2.24) is 5.32 Å². The monoisotopic (exact) mass is 886 g/mol. The first-order valence-electron chi connectivity index (χ1n) is 27.7. The quantitative estimate of drug-likeness (QED) is 0.0245. The molecule has 0 aromatic carbocycles. The van der Waals surface area contributed by atoms with Gasteiger partial charge in [-0.3, -0.25) is 9.59 Å². The first kappa shape index (κ1) is 61.1. The van der Waals surface area contributed by atoms with E-state index in [4.69, 9.17) is 4.74 Å². The van der Waals surface area contributed by atoms with Gasteiger partial charge in [0, 0.05) is 6.42 Å². The highest BCUT2D eigenvalue weighted by atomic mass is 16.5. The summed E-state index contributed by atoms with van der Waals surface area (Å²) in [5, 5.41) is 23.8. The molecule has 0 aromatic rings. The van der Waals surface area contributed by atoms with Crippen LogP contribution in [-0.2, 0) is 14.3 Å². The van der Waals surface area contributed by atoms with Gasteiger partial charge in [0.1, 0.15) is 6.10 Å². The zero-order chi connectivity index (χ0) is 45.9. The van der Waals surface area contributed by atoms with E-state index in [0.29, 0.717) is 19.3 Å². The van der Waals surface area contributed by atoms with Crippen molar-refractivity contribution in [3.63, 3.8) is 0 Å². The highest BCUT2D eigenvalue weighted by molar-refractivity contribution is 5.77. The van der Waals surface area contributed by atoms with Gasteiger partial charge in [-0.2, -0.15) is 0 Å². The largest absolute Gasteiger partial charge is 0.462 e. The predicted octanol–water partition coefficient (Wildman–Crippen LogP) is 16.8. The molecule has 1 amide bonds. The molecule has 0 aliphatic rings. The van der Waals surface area contributed by atoms with E-state index in [1.54, 1.807) is 0 Å². The maximum absolute atomic E-state index is 13.2. The molecule has 0 rings (SSSR count). The normalized spacial score (nSPS) is 13.4. The number of esters is 1. The number of ether oxygens (including phenoxy) is 1. The van der Waals surface area contributed by atoms with Crippen LogP contribution in [-0.4, -0.2) is 46.9 Å². The Balaban J connectivity index is 4.58. The van der Waals surface area contributed by atoms with Gasteiger partial charge in [0.05, 0.1) is 25.2 Å². The molecule has 63 heavy (non-hydrogen) atoms. The molecule has 0 aromatic heterocycles. The van der Waals surface area contributed by atoms with Crippen LogP contribution in [0.3, 0.4) is 0 Å². The van der Waals surface area contributed by atoms with Crippen molar-refractivity contribution in [2.45, 2.75) is 309 Å². The van der Waals surface area contributed by atoms with E-state index >= 15 is 0 Å². The molecule has 0 aliphatic carbocycles. The number of amides is 1. The third kappa shape index (κ3) is 46.4. The Hall–Kier alpha value is -1.92. The van der Waals surface area contributed by atoms with E-state index in [1.807, 2.05) is 0 Å². The maximum Gasteiger partial charge on any atom is 0.306 e. The Morgan fingerprint density at radius 2 is 0.810 bits per heavy atom. The van der Waals surface area contributed by atoms with Gasteiger partial charge in [0.15, 0.2) is 0 Å². The standard InChI is InChI=1S/C57H107NO5/c1-4-7-10-13-16-19-22-24-26-27-28-30-32-35-38-41-44-47-50-57(62)63-53(48-45-42-39-36-34-31-29-25-23-20-17-14-11-8-5-2)51-56(61)58-54(52-59)55(60)49-46-43-40-37-33-21-18-15-12-9-6-3/h25-30,53-55,59-60H,4-24,31-52H2,1-3H3,(H,58,61)/b27-26+,29-25+,30-28+. The summed E-state index contributed by atoms with van der Waals surface area (Å²) in [5.41, 5.74) is 0. The Kier molecular flexibility index (Phi) is 49.5. The molecule has 0 heterocycles. The maximum atomic E-state index is 13.2. The fourth-order valence-corrected chi connectivity index (χ4v) is 8.48. The number of carbonyl (C=O) groups excluding carboxylic acids is 2. The van der Waals surface area contributed by atoms with E-state index in [0.717, 1.165) is 77.0 Å². The van der Waals surface area contributed by atoms with Crippen LogP contribution in [0.4, 0.5) is 0 Å². The third-order valence-electron chi connectivity index (χ3n) is 12.7. The lowest BCUT2D eigenvalue weighted by Crippen LogP contribution is -2.46. The van der Waals surface area contributed by atoms with Crippen molar-refractivity contribution in [2.75, 3.05) is 6.61 Å². The number of aliphatic hydroxyl groups excluding tert-OH is 2. The predicted molar refractivity (Wildman–Crippen MR) is 273 cm³/mol. The molecule has 0 bridgehead atoms. The van der Waals surface area contributed by atoms with Gasteiger partial charge in [-0.1, -0.05) is 237 Å². The molecule has 0 saturated heterocycles. The van der Waals surface area contributed by atoms with Crippen molar-refractivity contribution >= 4 is 11.9 Å². The van der Waals surface area contributed by atoms with E-state index in [1.165, 1.54) is 167 Å². The fourth-order valence-electron chi connectivity index (χ4n) is 8.48. The van der Waals surface area contributed by atoms with Crippen molar-refractivity contribution in [1.29, 1.82) is 0 Å². The highest BCUT2D eigenvalue weighted by Gasteiger charge is 2.24. The molecular weight excluding hydrogens is 779 g/mol. The smallest absolute Gasteiger partial charge is 0.306 e. The number of hydrogen-bond donors (Lipinski definition) is 3. The van der Waals surface area contributed by atoms with Gasteiger partial charge in [-0.05, 0) is 77.0 Å². The Morgan fingerprint density at radius 3 is 1.22 bits per heavy atom. The highest BCUT2D eigenvalue weighted by Crippen LogP contribution is 2.18. The van der Waals surface area contributed by atoms with E-state index in [-0.39, 0.29) is 24.9 Å². The average Bonchev–Trinajstić information content (AvgIpc) is 3.28. The van der Waals surface area contributed by atoms with Gasteiger partial charge >= 0.3 is 5.97 Å². The summed E-state index contributed by atoms with van der Waals surface area (Å²) < 4.78 is 5.94. The van der Waals surface area contributed by atoms with Crippen molar-refractivity contribution in [2.24, 2.45) is 0 Å². The lowest BCUT2D eigenvalue weighted by atomic mass is 10.0. The van der Waals surface area contributed by atoms with Crippen LogP contribution in [0.5, 0.6) is 0 Å². The van der Waals surface area contributed by atoms with Crippen molar-refractivity contribution in [3.05, 3.63) is 36.5 Å². The summed E-state index contributed by atoms with van der Waals surface area (Å²) in [6.07, 6.45) is 60.6. The van der Waals surface area contributed by atoms with E-state index in [2.05, 4.69) is 62.5 Å². The second-order valence-electron chi connectivity index (χ2n) is 19.0. The van der Waals surface area contributed by atoms with Crippen molar-refractivity contribution < 1.29 is 24.5 Å². The molecule has 6 nitrogen and oxygen atoms in total. The second kappa shape index (κ2) is 51.1. The molecule has 0 fully saturated rings. The topological polar surface area (TPSA) is 95.9 Å². The van der Waals surface area contributed by atoms with Crippen molar-refractivity contribution in [3.8, 4) is 0 Å². The van der Waals surface area contributed by atoms with Crippen LogP contribution in [0.15, 0.2) is 36.5 Å².